The van der Waals surface area contributed by atoms with Gasteiger partial charge in [0.15, 0.2) is 5.78 Å². The molecule has 0 atom stereocenters. The number of aryl methyl sites for hydroxylation is 2. The minimum absolute atomic E-state index is 0.160. The summed E-state index contributed by atoms with van der Waals surface area (Å²) in [5.41, 5.74) is 0.861. The number of ketones is 1. The summed E-state index contributed by atoms with van der Waals surface area (Å²) < 4.78 is 11.5. The molecule has 0 fully saturated rings. The third-order valence-electron chi connectivity index (χ3n) is 3.26. The van der Waals surface area contributed by atoms with E-state index in [0.717, 1.165) is 15.6 Å². The summed E-state index contributed by atoms with van der Waals surface area (Å²) in [7, 11) is 0. The van der Waals surface area contributed by atoms with Crippen LogP contribution in [0.3, 0.4) is 0 Å². The third-order valence-corrected chi connectivity index (χ3v) is 4.51. The van der Waals surface area contributed by atoms with Gasteiger partial charge in [0.2, 0.25) is 0 Å². The molecule has 116 valence electrons. The highest BCUT2D eigenvalue weighted by molar-refractivity contribution is 9.10. The summed E-state index contributed by atoms with van der Waals surface area (Å²) in [6.07, 6.45) is 0. The minimum Gasteiger partial charge on any atom is -0.486 e. The molecule has 0 aliphatic rings. The van der Waals surface area contributed by atoms with E-state index in [1.54, 1.807) is 20.8 Å². The van der Waals surface area contributed by atoms with Gasteiger partial charge in [0.1, 0.15) is 17.8 Å². The number of esters is 1. The van der Waals surface area contributed by atoms with Crippen LogP contribution in [0.2, 0.25) is 0 Å². The van der Waals surface area contributed by atoms with Crippen molar-refractivity contribution in [2.24, 2.45) is 5.41 Å². The monoisotopic (exact) mass is 356 g/mol. The van der Waals surface area contributed by atoms with Gasteiger partial charge in [0.25, 0.3) is 0 Å². The van der Waals surface area contributed by atoms with Gasteiger partial charge in [0, 0.05) is 4.47 Å². The van der Waals surface area contributed by atoms with Crippen LogP contribution in [0.15, 0.2) is 16.6 Å². The van der Waals surface area contributed by atoms with Gasteiger partial charge in [-0.05, 0) is 57.9 Å². The van der Waals surface area contributed by atoms with Crippen LogP contribution in [0, 0.1) is 19.3 Å². The first-order valence-electron chi connectivity index (χ1n) is 6.80. The zero-order valence-electron chi connectivity index (χ0n) is 13.1. The molecular formula is C16H21BrO4. The number of Topliss-reactive ketones (excluding diaryl/α,β-unsaturated/α-hetero) is 1. The van der Waals surface area contributed by atoms with E-state index in [-0.39, 0.29) is 19.0 Å². The van der Waals surface area contributed by atoms with Crippen LogP contribution in [-0.2, 0) is 14.3 Å². The van der Waals surface area contributed by atoms with Gasteiger partial charge in [-0.1, -0.05) is 15.9 Å². The number of ether oxygens (including phenoxy) is 2. The van der Waals surface area contributed by atoms with Crippen molar-refractivity contribution in [3.63, 3.8) is 0 Å². The molecule has 0 saturated heterocycles. The highest BCUT2D eigenvalue weighted by Gasteiger charge is 2.37. The van der Waals surface area contributed by atoms with Crippen molar-refractivity contribution in [2.75, 3.05) is 13.2 Å². The summed E-state index contributed by atoms with van der Waals surface area (Å²) in [5.74, 6) is -0.220. The molecule has 0 spiro atoms. The first-order valence-corrected chi connectivity index (χ1v) is 7.59. The molecule has 0 N–H and O–H groups in total. The predicted molar refractivity (Wildman–Crippen MR) is 84.5 cm³/mol. The summed E-state index contributed by atoms with van der Waals surface area (Å²) in [6.45, 7) is 8.81. The quantitative estimate of drug-likeness (QED) is 0.577. The number of rotatable bonds is 6. The average molecular weight is 357 g/mol. The second-order valence-corrected chi connectivity index (χ2v) is 6.22. The van der Waals surface area contributed by atoms with E-state index in [4.69, 9.17) is 9.47 Å². The average Bonchev–Trinajstić information content (AvgIpc) is 2.42. The number of halogens is 1. The molecule has 0 saturated carbocycles. The lowest BCUT2D eigenvalue weighted by molar-refractivity contribution is -0.158. The van der Waals surface area contributed by atoms with Crippen LogP contribution in [-0.4, -0.2) is 25.0 Å². The Morgan fingerprint density at radius 1 is 1.19 bits per heavy atom. The van der Waals surface area contributed by atoms with E-state index in [2.05, 4.69) is 15.9 Å². The van der Waals surface area contributed by atoms with Crippen LogP contribution >= 0.6 is 15.9 Å². The van der Waals surface area contributed by atoms with Gasteiger partial charge in [-0.25, -0.2) is 0 Å². The fourth-order valence-electron chi connectivity index (χ4n) is 1.74. The molecule has 0 aromatic heterocycles. The van der Waals surface area contributed by atoms with Gasteiger partial charge in [-0.2, -0.15) is 0 Å². The zero-order chi connectivity index (χ0) is 16.2. The minimum atomic E-state index is -1.20. The van der Waals surface area contributed by atoms with Gasteiger partial charge in [0.05, 0.1) is 6.61 Å². The second-order valence-electron chi connectivity index (χ2n) is 5.43. The van der Waals surface area contributed by atoms with E-state index >= 15 is 0 Å². The molecule has 1 rings (SSSR count). The zero-order valence-corrected chi connectivity index (χ0v) is 14.7. The summed E-state index contributed by atoms with van der Waals surface area (Å²) in [4.78, 5) is 23.9. The Balaban J connectivity index is 2.75. The van der Waals surface area contributed by atoms with Crippen molar-refractivity contribution < 1.29 is 19.1 Å². The maximum atomic E-state index is 12.2. The van der Waals surface area contributed by atoms with Crippen LogP contribution in [0.25, 0.3) is 0 Å². The fourth-order valence-corrected chi connectivity index (χ4v) is 1.97. The van der Waals surface area contributed by atoms with Crippen molar-refractivity contribution in [3.8, 4) is 5.75 Å². The van der Waals surface area contributed by atoms with Crippen LogP contribution in [0.5, 0.6) is 5.75 Å². The van der Waals surface area contributed by atoms with Crippen LogP contribution in [0.1, 0.15) is 31.9 Å². The number of benzene rings is 1. The van der Waals surface area contributed by atoms with Crippen molar-refractivity contribution in [1.29, 1.82) is 0 Å². The van der Waals surface area contributed by atoms with E-state index in [1.807, 2.05) is 26.0 Å². The maximum absolute atomic E-state index is 12.2. The number of carbonyl (C=O) groups is 2. The summed E-state index contributed by atoms with van der Waals surface area (Å²) in [6, 6.07) is 3.70. The highest BCUT2D eigenvalue weighted by Crippen LogP contribution is 2.27. The molecule has 0 heterocycles. The lowest BCUT2D eigenvalue weighted by atomic mass is 9.88. The molecule has 0 aliphatic carbocycles. The Kier molecular flexibility index (Phi) is 5.96. The Morgan fingerprint density at radius 3 is 2.19 bits per heavy atom. The predicted octanol–water partition coefficient (Wildman–Crippen LogP) is 3.60. The second kappa shape index (κ2) is 7.07. The molecular weight excluding hydrogens is 336 g/mol. The third kappa shape index (κ3) is 4.30. The van der Waals surface area contributed by atoms with E-state index in [0.29, 0.717) is 5.75 Å². The van der Waals surface area contributed by atoms with Gasteiger partial charge >= 0.3 is 5.97 Å². The molecule has 0 bridgehead atoms. The Hall–Kier alpha value is -1.36. The molecule has 5 heteroatoms. The summed E-state index contributed by atoms with van der Waals surface area (Å²) >= 11 is 3.48. The fraction of sp³-hybridized carbons (Fsp3) is 0.500. The largest absolute Gasteiger partial charge is 0.486 e. The molecule has 0 aliphatic heterocycles. The van der Waals surface area contributed by atoms with Crippen LogP contribution < -0.4 is 4.74 Å². The van der Waals surface area contributed by atoms with Crippen molar-refractivity contribution in [3.05, 3.63) is 27.7 Å². The molecule has 1 aromatic rings. The highest BCUT2D eigenvalue weighted by atomic mass is 79.9. The standard InChI is InChI=1S/C16H21BrO4/c1-6-20-15(19)16(4,5)13(18)9-21-12-7-10(2)14(17)11(3)8-12/h7-8H,6,9H2,1-5H3. The number of carbonyl (C=O) groups excluding carboxylic acids is 2. The Labute approximate surface area is 133 Å². The molecule has 21 heavy (non-hydrogen) atoms. The number of hydrogen-bond acceptors (Lipinski definition) is 4. The smallest absolute Gasteiger partial charge is 0.319 e. The molecule has 0 amide bonds. The van der Waals surface area contributed by atoms with Crippen molar-refractivity contribution in [2.45, 2.75) is 34.6 Å². The molecule has 1 aromatic carbocycles. The van der Waals surface area contributed by atoms with E-state index in [9.17, 15) is 9.59 Å². The Bertz CT molecular complexity index is 526. The normalized spacial score (nSPS) is 11.1. The SMILES string of the molecule is CCOC(=O)C(C)(C)C(=O)COc1cc(C)c(Br)c(C)c1. The molecule has 0 unspecified atom stereocenters. The lowest BCUT2D eigenvalue weighted by Gasteiger charge is -2.21. The topological polar surface area (TPSA) is 52.6 Å². The first-order chi connectivity index (χ1) is 9.70. The maximum Gasteiger partial charge on any atom is 0.319 e. The first kappa shape index (κ1) is 17.7. The Morgan fingerprint density at radius 2 is 1.71 bits per heavy atom. The number of hydrogen-bond donors (Lipinski definition) is 0. The van der Waals surface area contributed by atoms with Crippen molar-refractivity contribution >= 4 is 27.7 Å². The van der Waals surface area contributed by atoms with Gasteiger partial charge in [-0.3, -0.25) is 9.59 Å². The van der Waals surface area contributed by atoms with E-state index in [1.165, 1.54) is 0 Å². The molecule has 4 nitrogen and oxygen atoms in total. The van der Waals surface area contributed by atoms with Gasteiger partial charge < -0.3 is 9.47 Å². The van der Waals surface area contributed by atoms with Crippen molar-refractivity contribution in [1.82, 2.24) is 0 Å². The summed E-state index contributed by atoms with van der Waals surface area (Å²) in [5, 5.41) is 0. The molecule has 0 radical (unpaired) electrons. The van der Waals surface area contributed by atoms with Crippen LogP contribution in [0.4, 0.5) is 0 Å². The van der Waals surface area contributed by atoms with E-state index < -0.39 is 11.4 Å². The lowest BCUT2D eigenvalue weighted by Crippen LogP contribution is -2.38. The van der Waals surface area contributed by atoms with Gasteiger partial charge in [-0.15, -0.1) is 0 Å².